The Hall–Kier alpha value is -1.60. The third-order valence-electron chi connectivity index (χ3n) is 1.97. The van der Waals surface area contributed by atoms with Gasteiger partial charge in [0.2, 0.25) is 0 Å². The minimum atomic E-state index is -0.399. The Kier molecular flexibility index (Phi) is 3.60. The van der Waals surface area contributed by atoms with E-state index in [0.29, 0.717) is 11.3 Å². The molecule has 0 radical (unpaired) electrons. The molecule has 0 aliphatic carbocycles. The van der Waals surface area contributed by atoms with Gasteiger partial charge in [0.05, 0.1) is 12.7 Å². The maximum absolute atomic E-state index is 11.3. The second-order valence-electron chi connectivity index (χ2n) is 3.05. The summed E-state index contributed by atoms with van der Waals surface area (Å²) < 4.78 is 5.42. The van der Waals surface area contributed by atoms with Crippen molar-refractivity contribution in [1.29, 1.82) is 0 Å². The van der Waals surface area contributed by atoms with Gasteiger partial charge in [-0.3, -0.25) is 0 Å². The van der Waals surface area contributed by atoms with Crippen LogP contribution >= 0.6 is 23.1 Å². The number of hydrogen-bond donors (Lipinski definition) is 1. The van der Waals surface area contributed by atoms with Crippen molar-refractivity contribution in [2.75, 3.05) is 12.8 Å². The van der Waals surface area contributed by atoms with E-state index in [2.05, 4.69) is 14.9 Å². The van der Waals surface area contributed by atoms with E-state index in [1.54, 1.807) is 23.7 Å². The standard InChI is InChI=1S/C10H9N3O2S2/c1-15-9(14)6-2-3-8(7(11)4-6)17-10-13-12-5-16-10/h2-5H,11H2,1H3. The number of benzene rings is 1. The van der Waals surface area contributed by atoms with Gasteiger partial charge in [-0.15, -0.1) is 10.2 Å². The minimum Gasteiger partial charge on any atom is -0.465 e. The molecule has 5 nitrogen and oxygen atoms in total. The number of esters is 1. The maximum Gasteiger partial charge on any atom is 0.337 e. The molecular formula is C10H9N3O2S2. The Labute approximate surface area is 106 Å². The summed E-state index contributed by atoms with van der Waals surface area (Å²) in [4.78, 5) is 12.1. The van der Waals surface area contributed by atoms with Gasteiger partial charge in [-0.1, -0.05) is 23.1 Å². The lowest BCUT2D eigenvalue weighted by Gasteiger charge is -2.05. The highest BCUT2D eigenvalue weighted by Gasteiger charge is 2.10. The first kappa shape index (κ1) is 11.9. The molecule has 1 aromatic heterocycles. The lowest BCUT2D eigenvalue weighted by Crippen LogP contribution is -2.02. The number of carbonyl (C=O) groups excluding carboxylic acids is 1. The van der Waals surface area contributed by atoms with Gasteiger partial charge in [0.25, 0.3) is 0 Å². The number of ether oxygens (including phenoxy) is 1. The summed E-state index contributed by atoms with van der Waals surface area (Å²) in [7, 11) is 1.34. The van der Waals surface area contributed by atoms with Gasteiger partial charge in [0.1, 0.15) is 5.51 Å². The number of nitrogens with two attached hydrogens (primary N) is 1. The van der Waals surface area contributed by atoms with Crippen molar-refractivity contribution in [3.8, 4) is 0 Å². The normalized spacial score (nSPS) is 10.2. The number of methoxy groups -OCH3 is 1. The van der Waals surface area contributed by atoms with Crippen LogP contribution in [0.2, 0.25) is 0 Å². The van der Waals surface area contributed by atoms with Gasteiger partial charge >= 0.3 is 5.97 Å². The van der Waals surface area contributed by atoms with Gasteiger partial charge in [-0.05, 0) is 18.2 Å². The SMILES string of the molecule is COC(=O)c1ccc(Sc2nncs2)c(N)c1. The molecule has 0 spiro atoms. The molecule has 0 saturated carbocycles. The number of aromatic nitrogens is 2. The maximum atomic E-state index is 11.3. The van der Waals surface area contributed by atoms with Crippen LogP contribution in [0.3, 0.4) is 0 Å². The molecule has 0 unspecified atom stereocenters. The van der Waals surface area contributed by atoms with Gasteiger partial charge in [-0.2, -0.15) is 0 Å². The molecular weight excluding hydrogens is 258 g/mol. The molecule has 88 valence electrons. The topological polar surface area (TPSA) is 78.1 Å². The van der Waals surface area contributed by atoms with Crippen LogP contribution < -0.4 is 5.73 Å². The van der Waals surface area contributed by atoms with Crippen molar-refractivity contribution >= 4 is 34.8 Å². The second-order valence-corrected chi connectivity index (χ2v) is 5.17. The van der Waals surface area contributed by atoms with E-state index in [0.717, 1.165) is 9.24 Å². The van der Waals surface area contributed by atoms with Crippen molar-refractivity contribution in [2.24, 2.45) is 0 Å². The van der Waals surface area contributed by atoms with Crippen molar-refractivity contribution < 1.29 is 9.53 Å². The zero-order chi connectivity index (χ0) is 12.3. The monoisotopic (exact) mass is 267 g/mol. The van der Waals surface area contributed by atoms with Gasteiger partial charge < -0.3 is 10.5 Å². The summed E-state index contributed by atoms with van der Waals surface area (Å²) in [6.07, 6.45) is 0. The highest BCUT2D eigenvalue weighted by molar-refractivity contribution is 8.01. The van der Waals surface area contributed by atoms with E-state index in [-0.39, 0.29) is 0 Å². The van der Waals surface area contributed by atoms with Crippen LogP contribution in [0.4, 0.5) is 5.69 Å². The Morgan fingerprint density at radius 2 is 2.35 bits per heavy atom. The van der Waals surface area contributed by atoms with Gasteiger partial charge in [0.15, 0.2) is 4.34 Å². The van der Waals surface area contributed by atoms with Crippen LogP contribution in [0.25, 0.3) is 0 Å². The largest absolute Gasteiger partial charge is 0.465 e. The molecule has 0 amide bonds. The molecule has 0 saturated heterocycles. The number of nitrogen functional groups attached to an aromatic ring is 1. The molecule has 2 N–H and O–H groups in total. The molecule has 7 heteroatoms. The van der Waals surface area contributed by atoms with Crippen molar-refractivity contribution in [3.05, 3.63) is 29.3 Å². The highest BCUT2D eigenvalue weighted by atomic mass is 32.2. The Bertz CT molecular complexity index is 528. The van der Waals surface area contributed by atoms with Crippen LogP contribution in [0.1, 0.15) is 10.4 Å². The van der Waals surface area contributed by atoms with E-state index in [1.807, 2.05) is 0 Å². The molecule has 0 atom stereocenters. The summed E-state index contributed by atoms with van der Waals surface area (Å²) in [5.41, 5.74) is 8.47. The average Bonchev–Trinajstić information content (AvgIpc) is 2.83. The lowest BCUT2D eigenvalue weighted by atomic mass is 10.2. The minimum absolute atomic E-state index is 0.399. The van der Waals surface area contributed by atoms with Gasteiger partial charge in [0, 0.05) is 10.6 Å². The summed E-state index contributed by atoms with van der Waals surface area (Å²) in [5, 5.41) is 7.65. The number of rotatable bonds is 3. The number of hydrogen-bond acceptors (Lipinski definition) is 7. The number of anilines is 1. The van der Waals surface area contributed by atoms with E-state index < -0.39 is 5.97 Å². The Morgan fingerprint density at radius 3 is 2.94 bits per heavy atom. The second kappa shape index (κ2) is 5.15. The first-order valence-corrected chi connectivity index (χ1v) is 6.32. The fourth-order valence-corrected chi connectivity index (χ4v) is 2.65. The summed E-state index contributed by atoms with van der Waals surface area (Å²) in [6, 6.07) is 5.04. The molecule has 17 heavy (non-hydrogen) atoms. The predicted molar refractivity (Wildman–Crippen MR) is 66.2 cm³/mol. The van der Waals surface area contributed by atoms with Crippen LogP contribution in [-0.2, 0) is 4.74 Å². The molecule has 0 fully saturated rings. The fraction of sp³-hybridized carbons (Fsp3) is 0.100. The van der Waals surface area contributed by atoms with E-state index in [9.17, 15) is 4.79 Å². The van der Waals surface area contributed by atoms with E-state index >= 15 is 0 Å². The average molecular weight is 267 g/mol. The first-order valence-electron chi connectivity index (χ1n) is 4.62. The lowest BCUT2D eigenvalue weighted by molar-refractivity contribution is 0.0600. The Balaban J connectivity index is 2.23. The predicted octanol–water partition coefficient (Wildman–Crippen LogP) is 2.06. The van der Waals surface area contributed by atoms with Crippen molar-refractivity contribution in [1.82, 2.24) is 10.2 Å². The van der Waals surface area contributed by atoms with Crippen molar-refractivity contribution in [3.63, 3.8) is 0 Å². The molecule has 0 bridgehead atoms. The zero-order valence-corrected chi connectivity index (χ0v) is 10.5. The molecule has 0 aliphatic heterocycles. The molecule has 1 aromatic carbocycles. The third-order valence-corrected chi connectivity index (χ3v) is 3.84. The van der Waals surface area contributed by atoms with Crippen LogP contribution in [0.15, 0.2) is 32.9 Å². The summed E-state index contributed by atoms with van der Waals surface area (Å²) in [5.74, 6) is -0.399. The Morgan fingerprint density at radius 1 is 1.53 bits per heavy atom. The molecule has 1 heterocycles. The van der Waals surface area contributed by atoms with Crippen LogP contribution in [-0.4, -0.2) is 23.3 Å². The molecule has 2 rings (SSSR count). The van der Waals surface area contributed by atoms with E-state index in [4.69, 9.17) is 5.73 Å². The molecule has 0 aliphatic rings. The smallest absolute Gasteiger partial charge is 0.337 e. The summed E-state index contributed by atoms with van der Waals surface area (Å²) >= 11 is 2.85. The first-order chi connectivity index (χ1) is 8.20. The van der Waals surface area contributed by atoms with Gasteiger partial charge in [-0.25, -0.2) is 4.79 Å². The molecule has 2 aromatic rings. The highest BCUT2D eigenvalue weighted by Crippen LogP contribution is 2.33. The number of nitrogens with zero attached hydrogens (tertiary/aromatic N) is 2. The van der Waals surface area contributed by atoms with Crippen LogP contribution in [0, 0.1) is 0 Å². The third kappa shape index (κ3) is 2.75. The number of carbonyl (C=O) groups is 1. The quantitative estimate of drug-likeness (QED) is 0.677. The zero-order valence-electron chi connectivity index (χ0n) is 8.91. The fourth-order valence-electron chi connectivity index (χ4n) is 1.19. The van der Waals surface area contributed by atoms with Crippen molar-refractivity contribution in [2.45, 2.75) is 9.24 Å². The van der Waals surface area contributed by atoms with Crippen LogP contribution in [0.5, 0.6) is 0 Å². The summed E-state index contributed by atoms with van der Waals surface area (Å²) in [6.45, 7) is 0. The van der Waals surface area contributed by atoms with E-state index in [1.165, 1.54) is 30.2 Å².